The number of allylic oxidation sites excluding steroid dienone is 2. The van der Waals surface area contributed by atoms with Crippen molar-refractivity contribution in [1.82, 2.24) is 9.97 Å². The van der Waals surface area contributed by atoms with Crippen LogP contribution in [0.25, 0.3) is 0 Å². The molecule has 0 aliphatic rings. The van der Waals surface area contributed by atoms with Gasteiger partial charge in [0.15, 0.2) is 11.6 Å². The summed E-state index contributed by atoms with van der Waals surface area (Å²) in [5.41, 5.74) is 3.18. The van der Waals surface area contributed by atoms with E-state index in [9.17, 15) is 4.39 Å². The number of nitrogens with one attached hydrogen (secondary N) is 3. The Morgan fingerprint density at radius 3 is 2.58 bits per heavy atom. The van der Waals surface area contributed by atoms with Crippen molar-refractivity contribution < 1.29 is 13.9 Å². The molecule has 0 bridgehead atoms. The second kappa shape index (κ2) is 12.2. The van der Waals surface area contributed by atoms with Crippen molar-refractivity contribution in [2.24, 2.45) is 0 Å². The third-order valence-corrected chi connectivity index (χ3v) is 4.47. The van der Waals surface area contributed by atoms with E-state index in [1.807, 2.05) is 54.6 Å². The summed E-state index contributed by atoms with van der Waals surface area (Å²) in [5, 5.41) is 9.37. The minimum Gasteiger partial charge on any atom is -0.491 e. The van der Waals surface area contributed by atoms with E-state index in [1.54, 1.807) is 13.2 Å². The first-order chi connectivity index (χ1) is 16.1. The van der Waals surface area contributed by atoms with Crippen LogP contribution >= 0.6 is 0 Å². The molecular formula is C25H28FN5O2. The number of ether oxygens (including phenoxy) is 2. The highest BCUT2D eigenvalue weighted by atomic mass is 19.1. The van der Waals surface area contributed by atoms with E-state index in [1.165, 1.54) is 0 Å². The van der Waals surface area contributed by atoms with Crippen molar-refractivity contribution in [2.45, 2.75) is 13.3 Å². The highest BCUT2D eigenvalue weighted by molar-refractivity contribution is 5.65. The van der Waals surface area contributed by atoms with E-state index in [-0.39, 0.29) is 11.8 Å². The fourth-order valence-electron chi connectivity index (χ4n) is 2.90. The molecule has 0 saturated carbocycles. The van der Waals surface area contributed by atoms with Crippen molar-refractivity contribution in [2.75, 3.05) is 36.3 Å². The molecule has 0 aliphatic carbocycles. The molecule has 0 spiro atoms. The Morgan fingerprint density at radius 1 is 1.06 bits per heavy atom. The van der Waals surface area contributed by atoms with E-state index in [0.717, 1.165) is 35.4 Å². The average molecular weight is 450 g/mol. The minimum atomic E-state index is -0.557. The second-order valence-corrected chi connectivity index (χ2v) is 6.98. The van der Waals surface area contributed by atoms with Crippen LogP contribution in [0.1, 0.15) is 13.3 Å². The fourth-order valence-corrected chi connectivity index (χ4v) is 2.90. The number of rotatable bonds is 12. The van der Waals surface area contributed by atoms with Crippen LogP contribution in [-0.4, -0.2) is 30.3 Å². The molecule has 1 heterocycles. The topological polar surface area (TPSA) is 80.3 Å². The molecular weight excluding hydrogens is 421 g/mol. The number of benzene rings is 2. The Kier molecular flexibility index (Phi) is 8.79. The summed E-state index contributed by atoms with van der Waals surface area (Å²) in [4.78, 5) is 8.31. The highest BCUT2D eigenvalue weighted by Crippen LogP contribution is 2.24. The van der Waals surface area contributed by atoms with Gasteiger partial charge in [0.25, 0.3) is 0 Å². The molecule has 3 aromatic rings. The molecule has 0 saturated heterocycles. The van der Waals surface area contributed by atoms with Gasteiger partial charge in [-0.1, -0.05) is 25.6 Å². The second-order valence-electron chi connectivity index (χ2n) is 6.98. The standard InChI is InChI=1S/C25H28FN5O2/c1-4-7-18(5-2)28-20-8-6-9-21(16-20)29-24-23(26)17-27-25(31-24)30-19-10-12-22(13-11-19)33-15-14-32-3/h5-13,16-17,28H,2,4,14-15H2,1,3H3,(H2,27,29,30,31)/b18-7-. The van der Waals surface area contributed by atoms with Crippen molar-refractivity contribution in [3.05, 3.63) is 85.0 Å². The number of hydrogen-bond acceptors (Lipinski definition) is 7. The van der Waals surface area contributed by atoms with Gasteiger partial charge in [-0.25, -0.2) is 9.37 Å². The lowest BCUT2D eigenvalue weighted by Crippen LogP contribution is -2.05. The summed E-state index contributed by atoms with van der Waals surface area (Å²) in [5.74, 6) is 0.499. The third kappa shape index (κ3) is 7.33. The summed E-state index contributed by atoms with van der Waals surface area (Å²) in [6.07, 6.45) is 5.80. The van der Waals surface area contributed by atoms with Crippen LogP contribution in [0.15, 0.2) is 79.2 Å². The summed E-state index contributed by atoms with van der Waals surface area (Å²) in [6, 6.07) is 14.8. The number of hydrogen-bond donors (Lipinski definition) is 3. The number of nitrogens with zero attached hydrogens (tertiary/aromatic N) is 2. The molecule has 0 radical (unpaired) electrons. The van der Waals surface area contributed by atoms with Crippen LogP contribution < -0.4 is 20.7 Å². The number of anilines is 5. The Bertz CT molecular complexity index is 1090. The van der Waals surface area contributed by atoms with Gasteiger partial charge in [0.05, 0.1) is 12.8 Å². The van der Waals surface area contributed by atoms with E-state index < -0.39 is 5.82 Å². The van der Waals surface area contributed by atoms with Gasteiger partial charge in [-0.2, -0.15) is 4.98 Å². The molecule has 3 N–H and O–H groups in total. The van der Waals surface area contributed by atoms with Crippen molar-refractivity contribution in [3.8, 4) is 5.75 Å². The maximum Gasteiger partial charge on any atom is 0.229 e. The van der Waals surface area contributed by atoms with Crippen molar-refractivity contribution >= 4 is 28.8 Å². The molecule has 8 heteroatoms. The zero-order chi connectivity index (χ0) is 23.5. The lowest BCUT2D eigenvalue weighted by atomic mass is 10.2. The average Bonchev–Trinajstić information content (AvgIpc) is 2.82. The first kappa shape index (κ1) is 23.7. The summed E-state index contributed by atoms with van der Waals surface area (Å²) in [6.45, 7) is 6.85. The number of methoxy groups -OCH3 is 1. The van der Waals surface area contributed by atoms with Gasteiger partial charge in [-0.05, 0) is 55.0 Å². The van der Waals surface area contributed by atoms with Gasteiger partial charge in [0.2, 0.25) is 5.95 Å². The molecule has 0 atom stereocenters. The van der Waals surface area contributed by atoms with Crippen LogP contribution in [0.3, 0.4) is 0 Å². The zero-order valence-electron chi connectivity index (χ0n) is 18.8. The predicted octanol–water partition coefficient (Wildman–Crippen LogP) is 6.02. The lowest BCUT2D eigenvalue weighted by molar-refractivity contribution is 0.146. The van der Waals surface area contributed by atoms with Crippen LogP contribution in [0.2, 0.25) is 0 Å². The first-order valence-electron chi connectivity index (χ1n) is 10.6. The number of halogens is 1. The normalized spacial score (nSPS) is 11.1. The van der Waals surface area contributed by atoms with Gasteiger partial charge >= 0.3 is 0 Å². The summed E-state index contributed by atoms with van der Waals surface area (Å²) >= 11 is 0. The Labute approximate surface area is 193 Å². The minimum absolute atomic E-state index is 0.0669. The summed E-state index contributed by atoms with van der Waals surface area (Å²) < 4.78 is 24.9. The SMILES string of the molecule is C=C/C(=C/CC)Nc1cccc(Nc2nc(Nc3ccc(OCCOC)cc3)ncc2F)c1. The van der Waals surface area contributed by atoms with E-state index in [0.29, 0.717) is 18.9 Å². The van der Waals surface area contributed by atoms with Crippen LogP contribution in [0.5, 0.6) is 5.75 Å². The van der Waals surface area contributed by atoms with Crippen LogP contribution in [-0.2, 0) is 4.74 Å². The van der Waals surface area contributed by atoms with Crippen LogP contribution in [0.4, 0.5) is 33.2 Å². The quantitative estimate of drug-likeness (QED) is 0.230. The van der Waals surface area contributed by atoms with E-state index >= 15 is 0 Å². The zero-order valence-corrected chi connectivity index (χ0v) is 18.8. The molecule has 2 aromatic carbocycles. The van der Waals surface area contributed by atoms with Crippen molar-refractivity contribution in [1.29, 1.82) is 0 Å². The van der Waals surface area contributed by atoms with E-state index in [4.69, 9.17) is 9.47 Å². The highest BCUT2D eigenvalue weighted by Gasteiger charge is 2.09. The molecule has 0 fully saturated rings. The lowest BCUT2D eigenvalue weighted by Gasteiger charge is -2.12. The maximum atomic E-state index is 14.4. The van der Waals surface area contributed by atoms with Gasteiger partial charge < -0.3 is 25.4 Å². The van der Waals surface area contributed by atoms with Gasteiger partial charge in [-0.3, -0.25) is 0 Å². The molecule has 1 aromatic heterocycles. The Hall–Kier alpha value is -3.91. The van der Waals surface area contributed by atoms with Gasteiger partial charge in [0.1, 0.15) is 12.4 Å². The molecule has 7 nitrogen and oxygen atoms in total. The van der Waals surface area contributed by atoms with Crippen LogP contribution in [0, 0.1) is 5.82 Å². The molecule has 0 aliphatic heterocycles. The Balaban J connectivity index is 1.69. The third-order valence-electron chi connectivity index (χ3n) is 4.47. The molecule has 3 rings (SSSR count). The first-order valence-corrected chi connectivity index (χ1v) is 10.6. The molecule has 0 amide bonds. The fraction of sp³-hybridized carbons (Fsp3) is 0.200. The van der Waals surface area contributed by atoms with Gasteiger partial charge in [0, 0.05) is 29.9 Å². The smallest absolute Gasteiger partial charge is 0.229 e. The maximum absolute atomic E-state index is 14.4. The number of aromatic nitrogens is 2. The van der Waals surface area contributed by atoms with Gasteiger partial charge in [-0.15, -0.1) is 0 Å². The largest absolute Gasteiger partial charge is 0.491 e. The predicted molar refractivity (Wildman–Crippen MR) is 131 cm³/mol. The summed E-state index contributed by atoms with van der Waals surface area (Å²) in [7, 11) is 1.62. The Morgan fingerprint density at radius 2 is 1.85 bits per heavy atom. The molecule has 0 unspecified atom stereocenters. The van der Waals surface area contributed by atoms with Crippen molar-refractivity contribution in [3.63, 3.8) is 0 Å². The molecule has 172 valence electrons. The molecule has 33 heavy (non-hydrogen) atoms. The van der Waals surface area contributed by atoms with E-state index in [2.05, 4.69) is 39.4 Å². The monoisotopic (exact) mass is 449 g/mol.